The van der Waals surface area contributed by atoms with Crippen LogP contribution in [-0.4, -0.2) is 15.6 Å². The molecule has 0 aliphatic heterocycles. The number of para-hydroxylation sites is 1. The second-order valence-electron chi connectivity index (χ2n) is 4.52. The van der Waals surface area contributed by atoms with Crippen molar-refractivity contribution in [3.8, 4) is 0 Å². The number of carbonyl (C=O) groups is 1. The maximum atomic E-state index is 11.0. The maximum Gasteiger partial charge on any atom is 0.306 e. The Labute approximate surface area is 111 Å². The molecule has 0 saturated carbocycles. The molecule has 18 heavy (non-hydrogen) atoms. The zero-order valence-corrected chi connectivity index (χ0v) is 11.2. The van der Waals surface area contributed by atoms with Crippen molar-refractivity contribution in [2.75, 3.05) is 0 Å². The third-order valence-electron chi connectivity index (χ3n) is 3.22. The van der Waals surface area contributed by atoms with Crippen LogP contribution >= 0.6 is 11.6 Å². The number of hydrogen-bond acceptors (Lipinski definition) is 1. The zero-order chi connectivity index (χ0) is 13.3. The van der Waals surface area contributed by atoms with E-state index in [1.807, 2.05) is 31.3 Å². The number of aromatic nitrogens is 1. The number of carboxylic acids is 1. The second-order valence-corrected chi connectivity index (χ2v) is 4.93. The predicted molar refractivity (Wildman–Crippen MR) is 73.1 cm³/mol. The molecule has 0 fully saturated rings. The van der Waals surface area contributed by atoms with Gasteiger partial charge in [0.2, 0.25) is 0 Å². The first-order valence-electron chi connectivity index (χ1n) is 6.03. The number of aryl methyl sites for hydroxylation is 1. The minimum atomic E-state index is -0.769. The van der Waals surface area contributed by atoms with Crippen molar-refractivity contribution in [3.05, 3.63) is 35.0 Å². The standard InChI is InChI=1S/C14H16ClNO2/c1-3-16-8-10(7-9(2)14(17)18)11-5-4-6-12(15)13(11)16/h4-6,8-9H,3,7H2,1-2H3,(H,17,18). The van der Waals surface area contributed by atoms with E-state index in [-0.39, 0.29) is 5.92 Å². The van der Waals surface area contributed by atoms with Crippen LogP contribution in [0.4, 0.5) is 0 Å². The maximum absolute atomic E-state index is 11.0. The van der Waals surface area contributed by atoms with Crippen molar-refractivity contribution in [1.82, 2.24) is 4.57 Å². The van der Waals surface area contributed by atoms with E-state index >= 15 is 0 Å². The minimum absolute atomic E-state index is 0.389. The molecule has 4 heteroatoms. The fraction of sp³-hybridized carbons (Fsp3) is 0.357. The summed E-state index contributed by atoms with van der Waals surface area (Å²) in [7, 11) is 0. The average molecular weight is 266 g/mol. The molecule has 1 aromatic heterocycles. The molecule has 1 heterocycles. The number of fused-ring (bicyclic) bond motifs is 1. The summed E-state index contributed by atoms with van der Waals surface area (Å²) >= 11 is 6.22. The summed E-state index contributed by atoms with van der Waals surface area (Å²) in [6.45, 7) is 4.59. The monoisotopic (exact) mass is 265 g/mol. The van der Waals surface area contributed by atoms with Crippen molar-refractivity contribution in [3.63, 3.8) is 0 Å². The fourth-order valence-corrected chi connectivity index (χ4v) is 2.50. The Bertz CT molecular complexity index is 589. The Hall–Kier alpha value is -1.48. The summed E-state index contributed by atoms with van der Waals surface area (Å²) in [5.74, 6) is -1.16. The molecule has 0 amide bonds. The Balaban J connectivity index is 2.52. The van der Waals surface area contributed by atoms with Gasteiger partial charge in [0.15, 0.2) is 0 Å². The minimum Gasteiger partial charge on any atom is -0.481 e. The number of nitrogens with zero attached hydrogens (tertiary/aromatic N) is 1. The van der Waals surface area contributed by atoms with Gasteiger partial charge < -0.3 is 9.67 Å². The van der Waals surface area contributed by atoms with E-state index in [1.165, 1.54) is 0 Å². The van der Waals surface area contributed by atoms with Gasteiger partial charge in [0.05, 0.1) is 16.5 Å². The molecular formula is C14H16ClNO2. The molecule has 1 aromatic carbocycles. The Morgan fingerprint density at radius 1 is 1.50 bits per heavy atom. The van der Waals surface area contributed by atoms with Gasteiger partial charge in [0, 0.05) is 18.1 Å². The number of aliphatic carboxylic acids is 1. The lowest BCUT2D eigenvalue weighted by atomic mass is 10.0. The van der Waals surface area contributed by atoms with Gasteiger partial charge in [-0.05, 0) is 25.0 Å². The highest BCUT2D eigenvalue weighted by atomic mass is 35.5. The van der Waals surface area contributed by atoms with Crippen LogP contribution in [0.15, 0.2) is 24.4 Å². The van der Waals surface area contributed by atoms with Gasteiger partial charge in [0.1, 0.15) is 0 Å². The lowest BCUT2D eigenvalue weighted by Crippen LogP contribution is -2.11. The number of rotatable bonds is 4. The van der Waals surface area contributed by atoms with Crippen molar-refractivity contribution in [2.45, 2.75) is 26.8 Å². The molecule has 1 atom stereocenters. The number of benzene rings is 1. The average Bonchev–Trinajstić information content (AvgIpc) is 2.69. The summed E-state index contributed by atoms with van der Waals surface area (Å²) in [6.07, 6.45) is 2.54. The van der Waals surface area contributed by atoms with Gasteiger partial charge in [0.25, 0.3) is 0 Å². The summed E-state index contributed by atoms with van der Waals surface area (Å²) in [4.78, 5) is 11.0. The zero-order valence-electron chi connectivity index (χ0n) is 10.5. The normalized spacial score (nSPS) is 12.8. The Morgan fingerprint density at radius 2 is 2.22 bits per heavy atom. The van der Waals surface area contributed by atoms with Crippen LogP contribution in [0.1, 0.15) is 19.4 Å². The van der Waals surface area contributed by atoms with Crippen molar-refractivity contribution in [1.29, 1.82) is 0 Å². The second kappa shape index (κ2) is 5.02. The summed E-state index contributed by atoms with van der Waals surface area (Å²) in [5, 5.41) is 10.8. The largest absolute Gasteiger partial charge is 0.481 e. The van der Waals surface area contributed by atoms with Gasteiger partial charge >= 0.3 is 5.97 Å². The van der Waals surface area contributed by atoms with Crippen LogP contribution in [0.3, 0.4) is 0 Å². The highest BCUT2D eigenvalue weighted by molar-refractivity contribution is 6.35. The molecule has 1 unspecified atom stereocenters. The summed E-state index contributed by atoms with van der Waals surface area (Å²) in [6, 6.07) is 5.76. The quantitative estimate of drug-likeness (QED) is 0.918. The first-order valence-corrected chi connectivity index (χ1v) is 6.41. The van der Waals surface area contributed by atoms with Gasteiger partial charge in [-0.3, -0.25) is 4.79 Å². The molecule has 1 N–H and O–H groups in total. The molecule has 0 radical (unpaired) electrons. The molecule has 0 spiro atoms. The van der Waals surface area contributed by atoms with Crippen molar-refractivity contribution in [2.24, 2.45) is 5.92 Å². The molecule has 96 valence electrons. The van der Waals surface area contributed by atoms with Crippen LogP contribution in [0.25, 0.3) is 10.9 Å². The van der Waals surface area contributed by atoms with Crippen LogP contribution in [0.2, 0.25) is 5.02 Å². The third-order valence-corrected chi connectivity index (χ3v) is 3.52. The van der Waals surface area contributed by atoms with Gasteiger partial charge in [-0.25, -0.2) is 0 Å². The summed E-state index contributed by atoms with van der Waals surface area (Å²) in [5.41, 5.74) is 2.04. The highest BCUT2D eigenvalue weighted by Crippen LogP contribution is 2.29. The molecule has 3 nitrogen and oxygen atoms in total. The van der Waals surface area contributed by atoms with E-state index in [9.17, 15) is 4.79 Å². The topological polar surface area (TPSA) is 42.2 Å². The van der Waals surface area contributed by atoms with Crippen molar-refractivity contribution >= 4 is 28.5 Å². The number of hydrogen-bond donors (Lipinski definition) is 1. The van der Waals surface area contributed by atoms with E-state index in [4.69, 9.17) is 16.7 Å². The van der Waals surface area contributed by atoms with E-state index in [1.54, 1.807) is 6.92 Å². The van der Waals surface area contributed by atoms with Gasteiger partial charge in [-0.1, -0.05) is 30.7 Å². The lowest BCUT2D eigenvalue weighted by Gasteiger charge is -2.04. The van der Waals surface area contributed by atoms with Crippen LogP contribution in [0.5, 0.6) is 0 Å². The first kappa shape index (κ1) is 13.0. The molecule has 0 aliphatic rings. The van der Waals surface area contributed by atoms with Gasteiger partial charge in [-0.2, -0.15) is 0 Å². The fourth-order valence-electron chi connectivity index (χ4n) is 2.22. The highest BCUT2D eigenvalue weighted by Gasteiger charge is 2.16. The third kappa shape index (κ3) is 2.23. The lowest BCUT2D eigenvalue weighted by molar-refractivity contribution is -0.141. The molecule has 2 rings (SSSR count). The predicted octanol–water partition coefficient (Wildman–Crippen LogP) is 3.58. The molecule has 2 aromatic rings. The number of carboxylic acid groups (broad SMARTS) is 1. The van der Waals surface area contributed by atoms with E-state index in [0.717, 1.165) is 23.0 Å². The first-order chi connectivity index (χ1) is 8.54. The SMILES string of the molecule is CCn1cc(CC(C)C(=O)O)c2cccc(Cl)c21. The molecular weight excluding hydrogens is 250 g/mol. The summed E-state index contributed by atoms with van der Waals surface area (Å²) < 4.78 is 2.07. The van der Waals surface area contributed by atoms with E-state index in [0.29, 0.717) is 11.4 Å². The Morgan fingerprint density at radius 3 is 2.83 bits per heavy atom. The van der Waals surface area contributed by atoms with Crippen LogP contribution in [-0.2, 0) is 17.8 Å². The van der Waals surface area contributed by atoms with E-state index < -0.39 is 5.97 Å². The van der Waals surface area contributed by atoms with Crippen LogP contribution in [0, 0.1) is 5.92 Å². The van der Waals surface area contributed by atoms with Crippen LogP contribution < -0.4 is 0 Å². The molecule has 0 bridgehead atoms. The van der Waals surface area contributed by atoms with Gasteiger partial charge in [-0.15, -0.1) is 0 Å². The Kier molecular flexibility index (Phi) is 3.62. The van der Waals surface area contributed by atoms with E-state index in [2.05, 4.69) is 4.57 Å². The van der Waals surface area contributed by atoms with Crippen molar-refractivity contribution < 1.29 is 9.90 Å². The molecule has 0 aliphatic carbocycles. The number of halogens is 1. The molecule has 0 saturated heterocycles. The smallest absolute Gasteiger partial charge is 0.306 e.